The van der Waals surface area contributed by atoms with E-state index in [-0.39, 0.29) is 0 Å². The molecular formula is C8H9BrN2O2. The van der Waals surface area contributed by atoms with Crippen molar-refractivity contribution in [1.29, 1.82) is 0 Å². The summed E-state index contributed by atoms with van der Waals surface area (Å²) in [7, 11) is 0. The molecule has 0 saturated heterocycles. The summed E-state index contributed by atoms with van der Waals surface area (Å²) in [6, 6.07) is 1.47. The van der Waals surface area contributed by atoms with Crippen molar-refractivity contribution in [3.05, 3.63) is 22.3 Å². The highest BCUT2D eigenvalue weighted by Crippen LogP contribution is 2.18. The van der Waals surface area contributed by atoms with E-state index in [1.165, 1.54) is 12.3 Å². The predicted molar refractivity (Wildman–Crippen MR) is 52.3 cm³/mol. The Labute approximate surface area is 84.2 Å². The number of nitrogens with zero attached hydrogens (tertiary/aromatic N) is 1. The molecule has 1 heterocycles. The standard InChI is InChI=1S/C8H9BrN2O2/c1-2-13-8(12)5-3-7(10)11-4-6(5)9/h3-4H,2H2,1H3,(H2,10,11). The zero-order valence-electron chi connectivity index (χ0n) is 7.08. The average molecular weight is 245 g/mol. The van der Waals surface area contributed by atoms with Gasteiger partial charge in [-0.15, -0.1) is 0 Å². The van der Waals surface area contributed by atoms with Gasteiger partial charge in [0.05, 0.1) is 16.6 Å². The molecule has 1 aromatic rings. The Morgan fingerprint density at radius 2 is 2.46 bits per heavy atom. The molecular weight excluding hydrogens is 236 g/mol. The van der Waals surface area contributed by atoms with Gasteiger partial charge >= 0.3 is 5.97 Å². The maximum atomic E-state index is 11.3. The van der Waals surface area contributed by atoms with E-state index in [9.17, 15) is 4.79 Å². The first-order valence-electron chi connectivity index (χ1n) is 3.73. The third-order valence-corrected chi connectivity index (χ3v) is 2.00. The number of rotatable bonds is 2. The second-order valence-electron chi connectivity index (χ2n) is 2.31. The fraction of sp³-hybridized carbons (Fsp3) is 0.250. The minimum atomic E-state index is -0.400. The Morgan fingerprint density at radius 1 is 1.77 bits per heavy atom. The fourth-order valence-corrected chi connectivity index (χ4v) is 1.20. The van der Waals surface area contributed by atoms with Gasteiger partial charge in [0, 0.05) is 6.20 Å². The van der Waals surface area contributed by atoms with Gasteiger partial charge < -0.3 is 10.5 Å². The van der Waals surface area contributed by atoms with Crippen LogP contribution in [0, 0.1) is 0 Å². The fourth-order valence-electron chi connectivity index (χ4n) is 0.820. The molecule has 13 heavy (non-hydrogen) atoms. The second-order valence-corrected chi connectivity index (χ2v) is 3.16. The van der Waals surface area contributed by atoms with Crippen LogP contribution in [0.25, 0.3) is 0 Å². The van der Waals surface area contributed by atoms with Gasteiger partial charge in [0.2, 0.25) is 0 Å². The predicted octanol–water partition coefficient (Wildman–Crippen LogP) is 1.60. The number of pyridine rings is 1. The van der Waals surface area contributed by atoms with Crippen LogP contribution in [0.5, 0.6) is 0 Å². The Hall–Kier alpha value is -1.10. The number of carbonyl (C=O) groups is 1. The molecule has 2 N–H and O–H groups in total. The third kappa shape index (κ3) is 2.42. The van der Waals surface area contributed by atoms with Crippen LogP contribution in [0.15, 0.2) is 16.7 Å². The van der Waals surface area contributed by atoms with Crippen LogP contribution in [0.2, 0.25) is 0 Å². The van der Waals surface area contributed by atoms with E-state index in [0.717, 1.165) is 0 Å². The highest BCUT2D eigenvalue weighted by atomic mass is 79.9. The Morgan fingerprint density at radius 3 is 3.08 bits per heavy atom. The largest absolute Gasteiger partial charge is 0.462 e. The number of nitrogen functional groups attached to an aromatic ring is 1. The first-order chi connectivity index (χ1) is 6.15. The lowest BCUT2D eigenvalue weighted by atomic mass is 10.2. The van der Waals surface area contributed by atoms with Gasteiger partial charge in [-0.1, -0.05) is 0 Å². The number of halogens is 1. The van der Waals surface area contributed by atoms with Crippen molar-refractivity contribution in [3.8, 4) is 0 Å². The number of aromatic nitrogens is 1. The quantitative estimate of drug-likeness (QED) is 0.803. The smallest absolute Gasteiger partial charge is 0.339 e. The molecule has 0 spiro atoms. The molecule has 1 rings (SSSR count). The molecule has 0 radical (unpaired) electrons. The van der Waals surface area contributed by atoms with Gasteiger partial charge in [0.25, 0.3) is 0 Å². The molecule has 0 aliphatic carbocycles. The van der Waals surface area contributed by atoms with Crippen molar-refractivity contribution >= 4 is 27.7 Å². The van der Waals surface area contributed by atoms with E-state index in [2.05, 4.69) is 20.9 Å². The zero-order valence-corrected chi connectivity index (χ0v) is 8.67. The molecule has 0 aliphatic rings. The molecule has 0 aliphatic heterocycles. The highest BCUT2D eigenvalue weighted by Gasteiger charge is 2.11. The van der Waals surface area contributed by atoms with E-state index in [4.69, 9.17) is 10.5 Å². The maximum absolute atomic E-state index is 11.3. The van der Waals surface area contributed by atoms with Gasteiger partial charge in [0.15, 0.2) is 0 Å². The minimum absolute atomic E-state index is 0.297. The summed E-state index contributed by atoms with van der Waals surface area (Å²) in [5.41, 5.74) is 5.82. The Kier molecular flexibility index (Phi) is 3.25. The molecule has 0 amide bonds. The summed E-state index contributed by atoms with van der Waals surface area (Å²) in [5, 5.41) is 0. The minimum Gasteiger partial charge on any atom is -0.462 e. The molecule has 0 fully saturated rings. The monoisotopic (exact) mass is 244 g/mol. The average Bonchev–Trinajstić information content (AvgIpc) is 2.09. The van der Waals surface area contributed by atoms with E-state index in [1.807, 2.05) is 0 Å². The van der Waals surface area contributed by atoms with Gasteiger partial charge in [-0.25, -0.2) is 9.78 Å². The lowest BCUT2D eigenvalue weighted by Gasteiger charge is -2.03. The topological polar surface area (TPSA) is 65.2 Å². The summed E-state index contributed by atoms with van der Waals surface area (Å²) < 4.78 is 5.39. The number of nitrogens with two attached hydrogens (primary N) is 1. The lowest BCUT2D eigenvalue weighted by Crippen LogP contribution is -2.06. The van der Waals surface area contributed by atoms with Crippen molar-refractivity contribution in [2.75, 3.05) is 12.3 Å². The normalized spacial score (nSPS) is 9.69. The zero-order chi connectivity index (χ0) is 9.84. The molecule has 4 nitrogen and oxygen atoms in total. The number of esters is 1. The third-order valence-electron chi connectivity index (χ3n) is 1.37. The molecule has 70 valence electrons. The highest BCUT2D eigenvalue weighted by molar-refractivity contribution is 9.10. The van der Waals surface area contributed by atoms with Crippen molar-refractivity contribution in [2.24, 2.45) is 0 Å². The summed E-state index contributed by atoms with van der Waals surface area (Å²) in [6.07, 6.45) is 1.47. The molecule has 0 atom stereocenters. The second kappa shape index (κ2) is 4.23. The Bertz CT molecular complexity index is 328. The molecule has 5 heteroatoms. The summed E-state index contributed by atoms with van der Waals surface area (Å²) >= 11 is 3.18. The van der Waals surface area contributed by atoms with Crippen molar-refractivity contribution in [3.63, 3.8) is 0 Å². The van der Waals surface area contributed by atoms with Crippen LogP contribution in [0.1, 0.15) is 17.3 Å². The molecule has 0 aromatic carbocycles. The van der Waals surface area contributed by atoms with Crippen LogP contribution < -0.4 is 5.73 Å². The van der Waals surface area contributed by atoms with Gasteiger partial charge in [0.1, 0.15) is 5.82 Å². The van der Waals surface area contributed by atoms with Crippen LogP contribution in [-0.2, 0) is 4.74 Å². The molecule has 0 bridgehead atoms. The number of anilines is 1. The number of hydrogen-bond donors (Lipinski definition) is 1. The van der Waals surface area contributed by atoms with Crippen molar-refractivity contribution < 1.29 is 9.53 Å². The first-order valence-corrected chi connectivity index (χ1v) is 4.52. The summed E-state index contributed by atoms with van der Waals surface area (Å²) in [5.74, 6) is -0.102. The van der Waals surface area contributed by atoms with E-state index in [1.54, 1.807) is 6.92 Å². The molecule has 0 saturated carbocycles. The summed E-state index contributed by atoms with van der Waals surface area (Å²) in [6.45, 7) is 2.09. The maximum Gasteiger partial charge on any atom is 0.339 e. The number of hydrogen-bond acceptors (Lipinski definition) is 4. The number of ether oxygens (including phenoxy) is 1. The van der Waals surface area contributed by atoms with Gasteiger partial charge in [-0.2, -0.15) is 0 Å². The van der Waals surface area contributed by atoms with Crippen LogP contribution in [0.4, 0.5) is 5.82 Å². The first kappa shape index (κ1) is 9.98. The SMILES string of the molecule is CCOC(=O)c1cc(N)ncc1Br. The van der Waals surface area contributed by atoms with Crippen molar-refractivity contribution in [2.45, 2.75) is 6.92 Å². The molecule has 1 aromatic heterocycles. The van der Waals surface area contributed by atoms with Gasteiger partial charge in [-0.3, -0.25) is 0 Å². The van der Waals surface area contributed by atoms with Crippen LogP contribution >= 0.6 is 15.9 Å². The van der Waals surface area contributed by atoms with E-state index >= 15 is 0 Å². The number of carbonyl (C=O) groups excluding carboxylic acids is 1. The molecule has 0 unspecified atom stereocenters. The summed E-state index contributed by atoms with van der Waals surface area (Å²) in [4.78, 5) is 15.1. The van der Waals surface area contributed by atoms with Gasteiger partial charge in [-0.05, 0) is 28.9 Å². The van der Waals surface area contributed by atoms with E-state index in [0.29, 0.717) is 22.5 Å². The van der Waals surface area contributed by atoms with Crippen LogP contribution in [0.3, 0.4) is 0 Å². The van der Waals surface area contributed by atoms with E-state index < -0.39 is 5.97 Å². The van der Waals surface area contributed by atoms with Crippen molar-refractivity contribution in [1.82, 2.24) is 4.98 Å². The van der Waals surface area contributed by atoms with Crippen LogP contribution in [-0.4, -0.2) is 17.6 Å². The lowest BCUT2D eigenvalue weighted by molar-refractivity contribution is 0.0525. The Balaban J connectivity index is 2.99.